The van der Waals surface area contributed by atoms with Gasteiger partial charge >= 0.3 is 5.97 Å². The highest BCUT2D eigenvalue weighted by atomic mass is 16.5. The van der Waals surface area contributed by atoms with Crippen molar-refractivity contribution in [3.05, 3.63) is 142 Å². The Bertz CT molecular complexity index is 1730. The number of ketones is 1. The summed E-state index contributed by atoms with van der Waals surface area (Å²) in [5.74, 6) is 1.52. The van der Waals surface area contributed by atoms with Gasteiger partial charge in [-0.25, -0.2) is 0 Å². The number of nitrogens with zero attached hydrogens (tertiary/aromatic N) is 1. The molecular formula is C42H47NO4. The SMILES string of the molecule is CCOC(=O)CCCc1cc(C(=O)c2cccc(OC(c3ccc(CC(C)C)cc3)c3ccc(CC(C)C)cc3)c2)n2ccccc12. The molecular weight excluding hydrogens is 582 g/mol. The van der Waals surface area contributed by atoms with Gasteiger partial charge in [0.15, 0.2) is 0 Å². The van der Waals surface area contributed by atoms with Crippen LogP contribution in [0.4, 0.5) is 0 Å². The lowest BCUT2D eigenvalue weighted by molar-refractivity contribution is -0.143. The highest BCUT2D eigenvalue weighted by Crippen LogP contribution is 2.31. The molecule has 5 rings (SSSR count). The number of fused-ring (bicyclic) bond motifs is 1. The van der Waals surface area contributed by atoms with Gasteiger partial charge in [0.1, 0.15) is 11.9 Å². The number of aryl methyl sites for hydroxylation is 1. The molecule has 0 saturated carbocycles. The van der Waals surface area contributed by atoms with Crippen molar-refractivity contribution in [2.45, 2.75) is 72.8 Å². The molecule has 5 heteroatoms. The van der Waals surface area contributed by atoms with Crippen molar-refractivity contribution in [2.24, 2.45) is 11.8 Å². The van der Waals surface area contributed by atoms with Crippen LogP contribution in [-0.2, 0) is 28.8 Å². The first-order valence-corrected chi connectivity index (χ1v) is 17.0. The zero-order valence-electron chi connectivity index (χ0n) is 28.4. The zero-order valence-corrected chi connectivity index (χ0v) is 28.4. The molecule has 0 aliphatic carbocycles. The van der Waals surface area contributed by atoms with Gasteiger partial charge < -0.3 is 13.9 Å². The fourth-order valence-electron chi connectivity index (χ4n) is 6.18. The number of pyridine rings is 1. The minimum Gasteiger partial charge on any atom is -0.481 e. The lowest BCUT2D eigenvalue weighted by atomic mass is 9.95. The highest BCUT2D eigenvalue weighted by Gasteiger charge is 2.20. The second-order valence-electron chi connectivity index (χ2n) is 13.2. The van der Waals surface area contributed by atoms with Crippen molar-refractivity contribution < 1.29 is 19.1 Å². The van der Waals surface area contributed by atoms with Crippen molar-refractivity contribution in [1.29, 1.82) is 0 Å². The first-order valence-electron chi connectivity index (χ1n) is 17.0. The summed E-state index contributed by atoms with van der Waals surface area (Å²) < 4.78 is 13.8. The maximum atomic E-state index is 14.0. The summed E-state index contributed by atoms with van der Waals surface area (Å²) in [6.45, 7) is 11.1. The van der Waals surface area contributed by atoms with Crippen LogP contribution in [0.25, 0.3) is 5.52 Å². The average Bonchev–Trinajstić information content (AvgIpc) is 3.42. The quantitative estimate of drug-likeness (QED) is 0.0855. The lowest BCUT2D eigenvalue weighted by Gasteiger charge is -2.21. The molecule has 0 spiro atoms. The molecule has 3 aromatic carbocycles. The molecule has 0 N–H and O–H groups in total. The van der Waals surface area contributed by atoms with E-state index in [9.17, 15) is 9.59 Å². The average molecular weight is 630 g/mol. The Balaban J connectivity index is 1.42. The van der Waals surface area contributed by atoms with Gasteiger partial charge in [0.25, 0.3) is 0 Å². The van der Waals surface area contributed by atoms with Crippen LogP contribution >= 0.6 is 0 Å². The molecule has 0 radical (unpaired) electrons. The number of aromatic nitrogens is 1. The summed E-state index contributed by atoms with van der Waals surface area (Å²) >= 11 is 0. The van der Waals surface area contributed by atoms with Crippen molar-refractivity contribution in [1.82, 2.24) is 4.40 Å². The topological polar surface area (TPSA) is 57.0 Å². The molecule has 0 unspecified atom stereocenters. The Kier molecular flexibility index (Phi) is 11.3. The van der Waals surface area contributed by atoms with Crippen LogP contribution in [0.15, 0.2) is 103 Å². The summed E-state index contributed by atoms with van der Waals surface area (Å²) in [7, 11) is 0. The van der Waals surface area contributed by atoms with Gasteiger partial charge in [0.05, 0.1) is 12.3 Å². The van der Waals surface area contributed by atoms with E-state index in [4.69, 9.17) is 9.47 Å². The molecule has 2 heterocycles. The van der Waals surface area contributed by atoms with E-state index >= 15 is 0 Å². The number of esters is 1. The van der Waals surface area contributed by atoms with Gasteiger partial charge in [0, 0.05) is 23.7 Å². The van der Waals surface area contributed by atoms with Crippen molar-refractivity contribution in [2.75, 3.05) is 6.61 Å². The number of hydrogen-bond acceptors (Lipinski definition) is 4. The molecule has 47 heavy (non-hydrogen) atoms. The number of carbonyl (C=O) groups excluding carboxylic acids is 2. The van der Waals surface area contributed by atoms with Gasteiger partial charge in [-0.15, -0.1) is 0 Å². The predicted molar refractivity (Wildman–Crippen MR) is 189 cm³/mol. The molecule has 5 aromatic rings. The fraction of sp³-hybridized carbons (Fsp3) is 0.333. The minimum absolute atomic E-state index is 0.0825. The number of hydrogen-bond donors (Lipinski definition) is 0. The molecule has 5 nitrogen and oxygen atoms in total. The molecule has 0 aliphatic rings. The van der Waals surface area contributed by atoms with E-state index in [1.54, 1.807) is 0 Å². The lowest BCUT2D eigenvalue weighted by Crippen LogP contribution is -2.11. The Labute approximate surface area is 279 Å². The molecule has 244 valence electrons. The first kappa shape index (κ1) is 33.7. The number of carbonyl (C=O) groups is 2. The normalized spacial score (nSPS) is 11.5. The maximum Gasteiger partial charge on any atom is 0.305 e. The van der Waals surface area contributed by atoms with Crippen LogP contribution in [0.1, 0.15) is 97.4 Å². The van der Waals surface area contributed by atoms with E-state index in [0.29, 0.717) is 54.7 Å². The molecule has 0 atom stereocenters. The van der Waals surface area contributed by atoms with E-state index < -0.39 is 0 Å². The smallest absolute Gasteiger partial charge is 0.305 e. The summed E-state index contributed by atoms with van der Waals surface area (Å²) in [5.41, 5.74) is 7.89. The fourth-order valence-corrected chi connectivity index (χ4v) is 6.18. The number of ether oxygens (including phenoxy) is 2. The summed E-state index contributed by atoms with van der Waals surface area (Å²) in [4.78, 5) is 25.9. The third-order valence-corrected chi connectivity index (χ3v) is 8.33. The molecule has 2 aromatic heterocycles. The van der Waals surface area contributed by atoms with E-state index in [0.717, 1.165) is 35.0 Å². The van der Waals surface area contributed by atoms with Crippen molar-refractivity contribution >= 4 is 17.3 Å². The van der Waals surface area contributed by atoms with Gasteiger partial charge in [-0.05, 0) is 103 Å². The maximum absolute atomic E-state index is 14.0. The van der Waals surface area contributed by atoms with E-state index in [2.05, 4.69) is 76.2 Å². The van der Waals surface area contributed by atoms with Crippen molar-refractivity contribution in [3.63, 3.8) is 0 Å². The molecule has 0 fully saturated rings. The largest absolute Gasteiger partial charge is 0.481 e. The van der Waals surface area contributed by atoms with Crippen LogP contribution in [0.5, 0.6) is 5.75 Å². The summed E-state index contributed by atoms with van der Waals surface area (Å²) in [6.07, 6.45) is 5.33. The number of rotatable bonds is 15. The summed E-state index contributed by atoms with van der Waals surface area (Å²) in [6, 6.07) is 32.8. The van der Waals surface area contributed by atoms with E-state index in [-0.39, 0.29) is 17.9 Å². The molecule has 0 amide bonds. The van der Waals surface area contributed by atoms with Crippen LogP contribution in [0.2, 0.25) is 0 Å². The summed E-state index contributed by atoms with van der Waals surface area (Å²) in [5, 5.41) is 0. The van der Waals surface area contributed by atoms with Crippen LogP contribution in [0.3, 0.4) is 0 Å². The van der Waals surface area contributed by atoms with Crippen LogP contribution in [-0.4, -0.2) is 22.8 Å². The molecule has 0 saturated heterocycles. The van der Waals surface area contributed by atoms with E-state index in [1.165, 1.54) is 11.1 Å². The van der Waals surface area contributed by atoms with Gasteiger partial charge in [-0.1, -0.05) is 94.4 Å². The second kappa shape index (κ2) is 15.8. The van der Waals surface area contributed by atoms with E-state index in [1.807, 2.05) is 66.1 Å². The third-order valence-electron chi connectivity index (χ3n) is 8.33. The molecule has 0 bridgehead atoms. The zero-order chi connectivity index (χ0) is 33.3. The van der Waals surface area contributed by atoms with Crippen LogP contribution in [0, 0.1) is 11.8 Å². The van der Waals surface area contributed by atoms with Crippen molar-refractivity contribution in [3.8, 4) is 5.75 Å². The Morgan fingerprint density at radius 1 is 0.745 bits per heavy atom. The van der Waals surface area contributed by atoms with Gasteiger partial charge in [0.2, 0.25) is 5.78 Å². The first-order chi connectivity index (χ1) is 22.7. The molecule has 0 aliphatic heterocycles. The van der Waals surface area contributed by atoms with Gasteiger partial charge in [-0.3, -0.25) is 9.59 Å². The second-order valence-corrected chi connectivity index (χ2v) is 13.2. The highest BCUT2D eigenvalue weighted by molar-refractivity contribution is 6.09. The van der Waals surface area contributed by atoms with Crippen LogP contribution < -0.4 is 4.74 Å². The third kappa shape index (κ3) is 8.79. The number of benzene rings is 3. The standard InChI is InChI=1S/C42H47NO4/c1-6-46-40(44)15-10-11-35-28-39(43-24-8-7-14-38(35)43)41(45)36-12-9-13-37(27-36)47-42(33-20-16-31(17-21-33)25-29(2)3)34-22-18-32(19-23-34)26-30(4)5/h7-9,12-14,16-24,27-30,42H,6,10-11,15,25-26H2,1-5H3. The Morgan fingerprint density at radius 2 is 1.38 bits per heavy atom. The monoisotopic (exact) mass is 629 g/mol. The minimum atomic E-state index is -0.332. The Morgan fingerprint density at radius 3 is 1.98 bits per heavy atom. The van der Waals surface area contributed by atoms with Gasteiger partial charge in [-0.2, -0.15) is 0 Å². The predicted octanol–water partition coefficient (Wildman–Crippen LogP) is 9.62. The Hall–Kier alpha value is -4.64.